The molecule has 4 rings (SSSR count). The van der Waals surface area contributed by atoms with E-state index < -0.39 is 0 Å². The van der Waals surface area contributed by atoms with Gasteiger partial charge in [0.25, 0.3) is 0 Å². The minimum absolute atomic E-state index is 0.268. The number of pyridine rings is 1. The van der Waals surface area contributed by atoms with Gasteiger partial charge in [0.15, 0.2) is 0 Å². The molecule has 1 heterocycles. The topological polar surface area (TPSA) is 12.9 Å². The van der Waals surface area contributed by atoms with E-state index in [1.165, 1.54) is 22.9 Å². The zero-order chi connectivity index (χ0) is 15.8. The van der Waals surface area contributed by atoms with E-state index in [0.717, 1.165) is 27.6 Å². The molecule has 0 spiro atoms. The highest BCUT2D eigenvalue weighted by atomic mass is 19.1. The van der Waals surface area contributed by atoms with E-state index in [4.69, 9.17) is 0 Å². The SMILES string of the molecule is C=Cc1cc(F)ccc1-c1cc2ccc3ccccc3c2cn1. The Morgan fingerprint density at radius 1 is 0.870 bits per heavy atom. The van der Waals surface area contributed by atoms with Gasteiger partial charge in [-0.05, 0) is 46.0 Å². The van der Waals surface area contributed by atoms with Gasteiger partial charge in [0.05, 0.1) is 5.69 Å². The molecule has 0 aliphatic heterocycles. The van der Waals surface area contributed by atoms with Crippen molar-refractivity contribution in [2.45, 2.75) is 0 Å². The van der Waals surface area contributed by atoms with E-state index in [-0.39, 0.29) is 5.82 Å². The molecule has 0 N–H and O–H groups in total. The number of hydrogen-bond donors (Lipinski definition) is 0. The minimum atomic E-state index is -0.268. The predicted octanol–water partition coefficient (Wildman–Crippen LogP) is 5.84. The Morgan fingerprint density at radius 3 is 2.57 bits per heavy atom. The Bertz CT molecular complexity index is 1050. The van der Waals surface area contributed by atoms with Gasteiger partial charge in [-0.1, -0.05) is 49.1 Å². The molecule has 0 amide bonds. The van der Waals surface area contributed by atoms with Crippen LogP contribution in [0.1, 0.15) is 5.56 Å². The van der Waals surface area contributed by atoms with Crippen LogP contribution in [0.4, 0.5) is 4.39 Å². The first-order valence-corrected chi connectivity index (χ1v) is 7.46. The summed E-state index contributed by atoms with van der Waals surface area (Å²) in [4.78, 5) is 4.60. The molecule has 0 bridgehead atoms. The molecule has 2 heteroatoms. The number of aromatic nitrogens is 1. The third kappa shape index (κ3) is 2.29. The van der Waals surface area contributed by atoms with Gasteiger partial charge in [0.2, 0.25) is 0 Å². The van der Waals surface area contributed by atoms with Crippen LogP contribution in [-0.2, 0) is 0 Å². The molecule has 0 aliphatic rings. The van der Waals surface area contributed by atoms with Crippen LogP contribution in [0.25, 0.3) is 38.9 Å². The van der Waals surface area contributed by atoms with Crippen molar-refractivity contribution in [1.82, 2.24) is 4.98 Å². The fourth-order valence-corrected chi connectivity index (χ4v) is 2.98. The molecule has 0 saturated carbocycles. The number of halogens is 1. The first-order valence-electron chi connectivity index (χ1n) is 7.46. The summed E-state index contributed by atoms with van der Waals surface area (Å²) in [6, 6.07) is 19.2. The summed E-state index contributed by atoms with van der Waals surface area (Å²) in [6.07, 6.45) is 3.55. The highest BCUT2D eigenvalue weighted by Crippen LogP contribution is 2.30. The second kappa shape index (κ2) is 5.33. The maximum atomic E-state index is 13.4. The van der Waals surface area contributed by atoms with Crippen LogP contribution in [0.5, 0.6) is 0 Å². The third-order valence-electron chi connectivity index (χ3n) is 4.14. The van der Waals surface area contributed by atoms with Crippen LogP contribution in [0.2, 0.25) is 0 Å². The zero-order valence-electron chi connectivity index (χ0n) is 12.5. The van der Waals surface area contributed by atoms with Gasteiger partial charge < -0.3 is 0 Å². The summed E-state index contributed by atoms with van der Waals surface area (Å²) in [5.74, 6) is -0.268. The predicted molar refractivity (Wildman–Crippen MR) is 94.7 cm³/mol. The van der Waals surface area contributed by atoms with Crippen molar-refractivity contribution in [3.63, 3.8) is 0 Å². The number of hydrogen-bond acceptors (Lipinski definition) is 1. The fraction of sp³-hybridized carbons (Fsp3) is 0. The molecular formula is C21H14FN. The Labute approximate surface area is 133 Å². The summed E-state index contributed by atoms with van der Waals surface area (Å²) in [5.41, 5.74) is 2.46. The Balaban J connectivity index is 1.96. The van der Waals surface area contributed by atoms with Gasteiger partial charge in [0, 0.05) is 17.1 Å². The smallest absolute Gasteiger partial charge is 0.123 e. The lowest BCUT2D eigenvalue weighted by Crippen LogP contribution is -1.89. The van der Waals surface area contributed by atoms with Crippen LogP contribution >= 0.6 is 0 Å². The molecule has 110 valence electrons. The first kappa shape index (κ1) is 13.6. The van der Waals surface area contributed by atoms with Crippen LogP contribution < -0.4 is 0 Å². The van der Waals surface area contributed by atoms with Gasteiger partial charge in [-0.3, -0.25) is 4.98 Å². The maximum Gasteiger partial charge on any atom is 0.123 e. The molecule has 0 aliphatic carbocycles. The van der Waals surface area contributed by atoms with Crippen molar-refractivity contribution in [2.24, 2.45) is 0 Å². The lowest BCUT2D eigenvalue weighted by Gasteiger charge is -2.09. The number of rotatable bonds is 2. The van der Waals surface area contributed by atoms with Crippen molar-refractivity contribution in [3.8, 4) is 11.3 Å². The molecule has 3 aromatic carbocycles. The van der Waals surface area contributed by atoms with Crippen molar-refractivity contribution in [2.75, 3.05) is 0 Å². The molecule has 23 heavy (non-hydrogen) atoms. The van der Waals surface area contributed by atoms with Gasteiger partial charge in [-0.25, -0.2) is 4.39 Å². The minimum Gasteiger partial charge on any atom is -0.256 e. The van der Waals surface area contributed by atoms with Crippen LogP contribution in [0.3, 0.4) is 0 Å². The normalized spacial score (nSPS) is 11.0. The van der Waals surface area contributed by atoms with Gasteiger partial charge in [0.1, 0.15) is 5.82 Å². The molecule has 0 unspecified atom stereocenters. The Hall–Kier alpha value is -3.00. The quantitative estimate of drug-likeness (QED) is 0.424. The largest absolute Gasteiger partial charge is 0.256 e. The second-order valence-corrected chi connectivity index (χ2v) is 5.51. The molecule has 0 saturated heterocycles. The summed E-state index contributed by atoms with van der Waals surface area (Å²) in [5, 5.41) is 4.62. The summed E-state index contributed by atoms with van der Waals surface area (Å²) in [6.45, 7) is 3.77. The van der Waals surface area contributed by atoms with Crippen LogP contribution in [-0.4, -0.2) is 4.98 Å². The summed E-state index contributed by atoms with van der Waals surface area (Å²) >= 11 is 0. The van der Waals surface area contributed by atoms with Gasteiger partial charge in [-0.2, -0.15) is 0 Å². The van der Waals surface area contributed by atoms with E-state index >= 15 is 0 Å². The monoisotopic (exact) mass is 299 g/mol. The second-order valence-electron chi connectivity index (χ2n) is 5.51. The number of nitrogens with zero attached hydrogens (tertiary/aromatic N) is 1. The average Bonchev–Trinajstić information content (AvgIpc) is 2.61. The zero-order valence-corrected chi connectivity index (χ0v) is 12.5. The van der Waals surface area contributed by atoms with Gasteiger partial charge >= 0.3 is 0 Å². The standard InChI is InChI=1S/C21H14FN/c1-2-14-11-17(22)9-10-19(14)21-12-16-8-7-15-5-3-4-6-18(15)20(16)13-23-21/h2-13H,1H2. The van der Waals surface area contributed by atoms with E-state index in [0.29, 0.717) is 0 Å². The molecule has 1 aromatic heterocycles. The van der Waals surface area contributed by atoms with E-state index in [9.17, 15) is 4.39 Å². The molecule has 4 aromatic rings. The van der Waals surface area contributed by atoms with E-state index in [2.05, 4.69) is 35.8 Å². The summed E-state index contributed by atoms with van der Waals surface area (Å²) < 4.78 is 13.4. The highest BCUT2D eigenvalue weighted by Gasteiger charge is 2.08. The molecule has 0 fully saturated rings. The van der Waals surface area contributed by atoms with Crippen LogP contribution in [0, 0.1) is 5.82 Å². The highest BCUT2D eigenvalue weighted by molar-refractivity contribution is 6.07. The molecule has 0 radical (unpaired) electrons. The Kier molecular flexibility index (Phi) is 3.16. The lowest BCUT2D eigenvalue weighted by atomic mass is 9.99. The lowest BCUT2D eigenvalue weighted by molar-refractivity contribution is 0.627. The van der Waals surface area contributed by atoms with Crippen molar-refractivity contribution >= 4 is 27.6 Å². The van der Waals surface area contributed by atoms with Gasteiger partial charge in [-0.15, -0.1) is 0 Å². The van der Waals surface area contributed by atoms with E-state index in [1.807, 2.05) is 24.4 Å². The fourth-order valence-electron chi connectivity index (χ4n) is 2.98. The first-order chi connectivity index (χ1) is 11.3. The third-order valence-corrected chi connectivity index (χ3v) is 4.14. The van der Waals surface area contributed by atoms with Crippen molar-refractivity contribution < 1.29 is 4.39 Å². The number of benzene rings is 3. The molecule has 1 nitrogen and oxygen atoms in total. The average molecular weight is 299 g/mol. The van der Waals surface area contributed by atoms with Crippen LogP contribution in [0.15, 0.2) is 73.4 Å². The van der Waals surface area contributed by atoms with Crippen molar-refractivity contribution in [1.29, 1.82) is 0 Å². The molecular weight excluding hydrogens is 285 g/mol. The van der Waals surface area contributed by atoms with Crippen molar-refractivity contribution in [3.05, 3.63) is 84.8 Å². The Morgan fingerprint density at radius 2 is 1.70 bits per heavy atom. The van der Waals surface area contributed by atoms with E-state index in [1.54, 1.807) is 12.1 Å². The number of fused-ring (bicyclic) bond motifs is 3. The maximum absolute atomic E-state index is 13.4. The summed E-state index contributed by atoms with van der Waals surface area (Å²) in [7, 11) is 0. The molecule has 0 atom stereocenters.